The second kappa shape index (κ2) is 8.60. The van der Waals surface area contributed by atoms with Gasteiger partial charge < -0.3 is 15.0 Å². The molecule has 5 rings (SSSR count). The Kier molecular flexibility index (Phi) is 5.60. The predicted molar refractivity (Wildman–Crippen MR) is 116 cm³/mol. The third-order valence-electron chi connectivity index (χ3n) is 5.99. The van der Waals surface area contributed by atoms with Crippen molar-refractivity contribution in [3.63, 3.8) is 0 Å². The van der Waals surface area contributed by atoms with Crippen LogP contribution in [0.3, 0.4) is 0 Å². The number of nitrogens with zero attached hydrogens (tertiary/aromatic N) is 5. The Morgan fingerprint density at radius 2 is 2.09 bits per heavy atom. The zero-order valence-corrected chi connectivity index (χ0v) is 18.3. The van der Waals surface area contributed by atoms with E-state index in [9.17, 15) is 18.0 Å². The zero-order valence-electron chi connectivity index (χ0n) is 18.3. The SMILES string of the molecule is C[C@H]1CN(Cc2cn[nH]c2-c2ccc3c(c2)CNC(=O)O3)CCN1c1nccc(C(F)(F)F)n1. The number of carbonyl (C=O) groups excluding carboxylic acids is 1. The average Bonchev–Trinajstić information content (AvgIpc) is 3.26. The van der Waals surface area contributed by atoms with Crippen LogP contribution in [0.5, 0.6) is 5.75 Å². The molecule has 2 aliphatic rings. The fourth-order valence-electron chi connectivity index (χ4n) is 4.32. The molecular weight excluding hydrogens is 451 g/mol. The number of hydrogen-bond acceptors (Lipinski definition) is 7. The van der Waals surface area contributed by atoms with Crippen molar-refractivity contribution in [1.29, 1.82) is 0 Å². The highest BCUT2D eigenvalue weighted by molar-refractivity contribution is 5.74. The number of benzene rings is 1. The van der Waals surface area contributed by atoms with Crippen LogP contribution in [0.15, 0.2) is 36.7 Å². The van der Waals surface area contributed by atoms with Crippen LogP contribution < -0.4 is 15.0 Å². The van der Waals surface area contributed by atoms with E-state index in [0.29, 0.717) is 38.5 Å². The lowest BCUT2D eigenvalue weighted by Crippen LogP contribution is -2.52. The van der Waals surface area contributed by atoms with Gasteiger partial charge in [0.25, 0.3) is 0 Å². The molecule has 3 aromatic rings. The molecule has 0 bridgehead atoms. The van der Waals surface area contributed by atoms with Gasteiger partial charge in [0.15, 0.2) is 0 Å². The molecule has 1 fully saturated rings. The highest BCUT2D eigenvalue weighted by Gasteiger charge is 2.34. The van der Waals surface area contributed by atoms with Gasteiger partial charge in [0.2, 0.25) is 5.95 Å². The molecule has 0 radical (unpaired) electrons. The lowest BCUT2D eigenvalue weighted by Gasteiger charge is -2.40. The largest absolute Gasteiger partial charge is 0.433 e. The van der Waals surface area contributed by atoms with Crippen LogP contribution in [-0.2, 0) is 19.3 Å². The molecule has 2 N–H and O–H groups in total. The van der Waals surface area contributed by atoms with Crippen molar-refractivity contribution < 1.29 is 22.7 Å². The Balaban J connectivity index is 1.28. The molecule has 12 heteroatoms. The van der Waals surface area contributed by atoms with E-state index in [-0.39, 0.29) is 12.0 Å². The normalized spacial score (nSPS) is 18.9. The number of anilines is 1. The maximum Gasteiger partial charge on any atom is 0.433 e. The van der Waals surface area contributed by atoms with E-state index < -0.39 is 18.0 Å². The van der Waals surface area contributed by atoms with Crippen LogP contribution in [-0.4, -0.2) is 56.8 Å². The number of H-pyrrole nitrogens is 1. The van der Waals surface area contributed by atoms with Crippen LogP contribution in [0.4, 0.5) is 23.9 Å². The van der Waals surface area contributed by atoms with Gasteiger partial charge >= 0.3 is 12.3 Å². The Morgan fingerprint density at radius 3 is 2.88 bits per heavy atom. The summed E-state index contributed by atoms with van der Waals surface area (Å²) < 4.78 is 44.3. The van der Waals surface area contributed by atoms with E-state index >= 15 is 0 Å². The molecule has 0 spiro atoms. The topological polar surface area (TPSA) is 99.3 Å². The number of carbonyl (C=O) groups is 1. The molecule has 4 heterocycles. The number of nitrogens with one attached hydrogen (secondary N) is 2. The van der Waals surface area contributed by atoms with E-state index in [2.05, 4.69) is 30.4 Å². The summed E-state index contributed by atoms with van der Waals surface area (Å²) in [5.74, 6) is 0.629. The summed E-state index contributed by atoms with van der Waals surface area (Å²) in [7, 11) is 0. The highest BCUT2D eigenvalue weighted by atomic mass is 19.4. The van der Waals surface area contributed by atoms with Crippen LogP contribution in [0.2, 0.25) is 0 Å². The number of halogens is 3. The van der Waals surface area contributed by atoms with Gasteiger partial charge in [-0.25, -0.2) is 14.8 Å². The van der Waals surface area contributed by atoms with Crippen molar-refractivity contribution in [3.05, 3.63) is 53.5 Å². The Labute approximate surface area is 192 Å². The van der Waals surface area contributed by atoms with Gasteiger partial charge in [0, 0.05) is 61.7 Å². The molecule has 178 valence electrons. The van der Waals surface area contributed by atoms with E-state index in [1.165, 1.54) is 0 Å². The molecule has 0 unspecified atom stereocenters. The summed E-state index contributed by atoms with van der Waals surface area (Å²) in [6.45, 7) is 4.74. The number of alkyl halides is 3. The smallest absolute Gasteiger partial charge is 0.410 e. The molecule has 34 heavy (non-hydrogen) atoms. The van der Waals surface area contributed by atoms with Crippen LogP contribution >= 0.6 is 0 Å². The molecule has 1 aromatic carbocycles. The third kappa shape index (κ3) is 4.40. The van der Waals surface area contributed by atoms with Crippen LogP contribution in [0.25, 0.3) is 11.3 Å². The van der Waals surface area contributed by atoms with E-state index in [1.54, 1.807) is 17.2 Å². The Bertz CT molecular complexity index is 1210. The van der Waals surface area contributed by atoms with Gasteiger partial charge in [-0.05, 0) is 31.2 Å². The first kappa shape index (κ1) is 22.1. The third-order valence-corrected chi connectivity index (χ3v) is 5.99. The molecular formula is C22H22F3N7O2. The van der Waals surface area contributed by atoms with Crippen molar-refractivity contribution in [1.82, 2.24) is 30.4 Å². The molecule has 2 aliphatic heterocycles. The summed E-state index contributed by atoms with van der Waals surface area (Å²) in [5.41, 5.74) is 2.73. The molecule has 0 aliphatic carbocycles. The average molecular weight is 473 g/mol. The minimum Gasteiger partial charge on any atom is -0.410 e. The number of fused-ring (bicyclic) bond motifs is 1. The fourth-order valence-corrected chi connectivity index (χ4v) is 4.32. The fraction of sp³-hybridized carbons (Fsp3) is 0.364. The lowest BCUT2D eigenvalue weighted by atomic mass is 10.0. The molecule has 1 atom stereocenters. The summed E-state index contributed by atoms with van der Waals surface area (Å²) >= 11 is 0. The number of amides is 1. The first-order chi connectivity index (χ1) is 16.3. The second-order valence-electron chi connectivity index (χ2n) is 8.35. The minimum atomic E-state index is -4.51. The summed E-state index contributed by atoms with van der Waals surface area (Å²) in [4.78, 5) is 23.2. The summed E-state index contributed by atoms with van der Waals surface area (Å²) in [5, 5.41) is 9.92. The zero-order chi connectivity index (χ0) is 23.9. The Morgan fingerprint density at radius 1 is 1.24 bits per heavy atom. The number of aromatic nitrogens is 4. The van der Waals surface area contributed by atoms with Crippen molar-refractivity contribution in [2.45, 2.75) is 32.2 Å². The summed E-state index contributed by atoms with van der Waals surface area (Å²) in [6, 6.07) is 6.41. The van der Waals surface area contributed by atoms with Crippen LogP contribution in [0.1, 0.15) is 23.7 Å². The highest BCUT2D eigenvalue weighted by Crippen LogP contribution is 2.31. The molecule has 1 saturated heterocycles. The predicted octanol–water partition coefficient (Wildman–Crippen LogP) is 3.20. The van der Waals surface area contributed by atoms with Gasteiger partial charge in [-0.2, -0.15) is 18.3 Å². The monoisotopic (exact) mass is 473 g/mol. The van der Waals surface area contributed by atoms with E-state index in [1.807, 2.05) is 19.1 Å². The minimum absolute atomic E-state index is 0.0721. The van der Waals surface area contributed by atoms with Gasteiger partial charge in [-0.3, -0.25) is 10.00 Å². The van der Waals surface area contributed by atoms with Crippen molar-refractivity contribution >= 4 is 12.0 Å². The van der Waals surface area contributed by atoms with Gasteiger partial charge in [-0.15, -0.1) is 0 Å². The number of hydrogen-bond donors (Lipinski definition) is 2. The number of rotatable bonds is 4. The van der Waals surface area contributed by atoms with Crippen molar-refractivity contribution in [2.24, 2.45) is 0 Å². The van der Waals surface area contributed by atoms with Crippen molar-refractivity contribution in [3.8, 4) is 17.0 Å². The summed E-state index contributed by atoms with van der Waals surface area (Å²) in [6.07, 6.45) is -2.04. The molecule has 9 nitrogen and oxygen atoms in total. The first-order valence-corrected chi connectivity index (χ1v) is 10.8. The van der Waals surface area contributed by atoms with E-state index in [0.717, 1.165) is 34.6 Å². The van der Waals surface area contributed by atoms with Gasteiger partial charge in [0.05, 0.1) is 11.9 Å². The maximum absolute atomic E-state index is 13.0. The first-order valence-electron chi connectivity index (χ1n) is 10.8. The molecule has 2 aromatic heterocycles. The van der Waals surface area contributed by atoms with E-state index in [4.69, 9.17) is 4.74 Å². The maximum atomic E-state index is 13.0. The van der Waals surface area contributed by atoms with Gasteiger partial charge in [0.1, 0.15) is 11.4 Å². The Hall–Kier alpha value is -3.67. The quantitative estimate of drug-likeness (QED) is 0.600. The van der Waals surface area contributed by atoms with Crippen LogP contribution in [0, 0.1) is 0 Å². The molecule has 0 saturated carbocycles. The number of ether oxygens (including phenoxy) is 1. The number of aromatic amines is 1. The number of piperazine rings is 1. The lowest BCUT2D eigenvalue weighted by molar-refractivity contribution is -0.141. The second-order valence-corrected chi connectivity index (χ2v) is 8.35. The molecule has 1 amide bonds. The van der Waals surface area contributed by atoms with Crippen molar-refractivity contribution in [2.75, 3.05) is 24.5 Å². The standard InChI is InChI=1S/C22H22F3N7O2/c1-13-11-31(6-7-32(13)20-26-5-4-18(29-20)22(23,24)25)12-16-10-28-30-19(16)14-2-3-17-15(8-14)9-27-21(33)34-17/h2-5,8,10,13H,6-7,9,11-12H2,1H3,(H,27,33)(H,28,30)/t13-/m0/s1. The van der Waals surface area contributed by atoms with Gasteiger partial charge in [-0.1, -0.05) is 0 Å².